The van der Waals surface area contributed by atoms with Crippen LogP contribution in [0, 0.1) is 5.82 Å². The minimum Gasteiger partial charge on any atom is -0.370 e. The van der Waals surface area contributed by atoms with E-state index in [9.17, 15) is 9.18 Å². The molecule has 0 aromatic heterocycles. The molecule has 1 aliphatic rings. The Labute approximate surface area is 120 Å². The predicted octanol–water partition coefficient (Wildman–Crippen LogP) is 2.95. The summed E-state index contributed by atoms with van der Waals surface area (Å²) in [4.78, 5) is 15.8. The summed E-state index contributed by atoms with van der Waals surface area (Å²) in [5.74, 6) is -0.424. The van der Waals surface area contributed by atoms with Crippen LogP contribution in [0.1, 0.15) is 36.5 Å². The van der Waals surface area contributed by atoms with Gasteiger partial charge in [-0.15, -0.1) is 0 Å². The molecule has 0 unspecified atom stereocenters. The van der Waals surface area contributed by atoms with Crippen molar-refractivity contribution in [2.24, 2.45) is 0 Å². The Bertz CT molecular complexity index is 509. The molecule has 0 amide bonds. The third-order valence-corrected chi connectivity index (χ3v) is 4.51. The van der Waals surface area contributed by atoms with Crippen LogP contribution in [0.4, 0.5) is 10.1 Å². The Morgan fingerprint density at radius 1 is 1.30 bits per heavy atom. The van der Waals surface area contributed by atoms with E-state index < -0.39 is 0 Å². The van der Waals surface area contributed by atoms with Crippen molar-refractivity contribution >= 4 is 11.5 Å². The topological polar surface area (TPSA) is 23.6 Å². The average Bonchev–Trinajstić information content (AvgIpc) is 2.32. The van der Waals surface area contributed by atoms with Gasteiger partial charge in [0.15, 0.2) is 5.78 Å². The lowest BCUT2D eigenvalue weighted by atomic mass is 9.75. The van der Waals surface area contributed by atoms with Gasteiger partial charge in [-0.25, -0.2) is 4.39 Å². The lowest BCUT2D eigenvalue weighted by Crippen LogP contribution is -2.57. The maximum Gasteiger partial charge on any atom is 0.161 e. The summed E-state index contributed by atoms with van der Waals surface area (Å²) in [6.07, 6.45) is 3.45. The van der Waals surface area contributed by atoms with Gasteiger partial charge < -0.3 is 9.80 Å². The van der Waals surface area contributed by atoms with Crippen LogP contribution in [0.3, 0.4) is 0 Å². The zero-order valence-electron chi connectivity index (χ0n) is 12.7. The molecular weight excluding hydrogens is 255 g/mol. The number of benzene rings is 1. The standard InChI is InChI=1S/C16H23FN2O/c1-12(20)13-7-5-8-14(17)15(13)19(4)11-16(18(2)3)9-6-10-16/h5,7-8H,6,9-11H2,1-4H3. The lowest BCUT2D eigenvalue weighted by molar-refractivity contribution is 0.0681. The highest BCUT2D eigenvalue weighted by molar-refractivity contribution is 5.99. The molecule has 1 aromatic carbocycles. The Balaban J connectivity index is 2.30. The SMILES string of the molecule is CC(=O)c1cccc(F)c1N(C)CC1(N(C)C)CCC1. The summed E-state index contributed by atoms with van der Waals surface area (Å²) in [6, 6.07) is 4.70. The molecule has 1 aromatic rings. The first kappa shape index (κ1) is 15.0. The van der Waals surface area contributed by atoms with Gasteiger partial charge in [-0.1, -0.05) is 6.07 Å². The smallest absolute Gasteiger partial charge is 0.161 e. The van der Waals surface area contributed by atoms with Crippen LogP contribution in [0.2, 0.25) is 0 Å². The molecular formula is C16H23FN2O. The fourth-order valence-electron chi connectivity index (χ4n) is 3.04. The zero-order valence-corrected chi connectivity index (χ0v) is 12.7. The Kier molecular flexibility index (Phi) is 4.14. The molecule has 1 fully saturated rings. The number of halogens is 1. The minimum atomic E-state index is -0.326. The average molecular weight is 278 g/mol. The lowest BCUT2D eigenvalue weighted by Gasteiger charge is -2.49. The predicted molar refractivity (Wildman–Crippen MR) is 79.9 cm³/mol. The molecule has 0 radical (unpaired) electrons. The van der Waals surface area contributed by atoms with Gasteiger partial charge in [0.1, 0.15) is 5.82 Å². The van der Waals surface area contributed by atoms with Crippen molar-refractivity contribution < 1.29 is 9.18 Å². The third kappa shape index (κ3) is 2.57. The van der Waals surface area contributed by atoms with Crippen molar-refractivity contribution in [2.45, 2.75) is 31.7 Å². The molecule has 0 atom stereocenters. The first-order valence-electron chi connectivity index (χ1n) is 7.05. The number of nitrogens with zero attached hydrogens (tertiary/aromatic N) is 2. The number of rotatable bonds is 5. The molecule has 4 heteroatoms. The summed E-state index contributed by atoms with van der Waals surface area (Å²) >= 11 is 0. The summed E-state index contributed by atoms with van der Waals surface area (Å²) in [5.41, 5.74) is 0.985. The molecule has 110 valence electrons. The molecule has 0 bridgehead atoms. The van der Waals surface area contributed by atoms with E-state index in [1.54, 1.807) is 12.1 Å². The summed E-state index contributed by atoms with van der Waals surface area (Å²) in [7, 11) is 6.01. The van der Waals surface area contributed by atoms with Crippen molar-refractivity contribution in [3.05, 3.63) is 29.6 Å². The number of hydrogen-bond acceptors (Lipinski definition) is 3. The molecule has 20 heavy (non-hydrogen) atoms. The van der Waals surface area contributed by atoms with Gasteiger partial charge >= 0.3 is 0 Å². The van der Waals surface area contributed by atoms with Gasteiger partial charge in [-0.2, -0.15) is 0 Å². The number of anilines is 1. The van der Waals surface area contributed by atoms with Crippen LogP contribution >= 0.6 is 0 Å². The minimum absolute atomic E-state index is 0.0983. The molecule has 1 aliphatic carbocycles. The van der Waals surface area contributed by atoms with Gasteiger partial charge in [0.25, 0.3) is 0 Å². The van der Waals surface area contributed by atoms with E-state index in [2.05, 4.69) is 19.0 Å². The first-order valence-corrected chi connectivity index (χ1v) is 7.05. The number of hydrogen-bond donors (Lipinski definition) is 0. The van der Waals surface area contributed by atoms with Crippen molar-refractivity contribution in [3.63, 3.8) is 0 Å². The van der Waals surface area contributed by atoms with Crippen LogP contribution in [0.5, 0.6) is 0 Å². The zero-order chi connectivity index (χ0) is 14.9. The number of Topliss-reactive ketones (excluding diaryl/α,β-unsaturated/α-hetero) is 1. The second kappa shape index (κ2) is 5.52. The molecule has 1 saturated carbocycles. The molecule has 3 nitrogen and oxygen atoms in total. The number of likely N-dealkylation sites (N-methyl/N-ethyl adjacent to an activating group) is 2. The van der Waals surface area contributed by atoms with Crippen LogP contribution in [0.25, 0.3) is 0 Å². The highest BCUT2D eigenvalue weighted by atomic mass is 19.1. The second-order valence-electron chi connectivity index (χ2n) is 6.02. The molecule has 0 N–H and O–H groups in total. The maximum atomic E-state index is 14.2. The summed E-state index contributed by atoms with van der Waals surface area (Å²) in [6.45, 7) is 2.22. The molecule has 0 spiro atoms. The van der Waals surface area contributed by atoms with Crippen molar-refractivity contribution in [3.8, 4) is 0 Å². The number of ketones is 1. The van der Waals surface area contributed by atoms with Gasteiger partial charge in [0, 0.05) is 24.7 Å². The highest BCUT2D eigenvalue weighted by Gasteiger charge is 2.40. The van der Waals surface area contributed by atoms with Crippen LogP contribution in [0.15, 0.2) is 18.2 Å². The van der Waals surface area contributed by atoms with Crippen LogP contribution in [-0.4, -0.2) is 43.9 Å². The normalized spacial score (nSPS) is 16.9. The van der Waals surface area contributed by atoms with Crippen molar-refractivity contribution in [1.82, 2.24) is 4.90 Å². The molecule has 0 heterocycles. The first-order chi connectivity index (χ1) is 9.37. The van der Waals surface area contributed by atoms with E-state index in [0.29, 0.717) is 11.3 Å². The highest BCUT2D eigenvalue weighted by Crippen LogP contribution is 2.38. The van der Waals surface area contributed by atoms with Crippen LogP contribution < -0.4 is 4.90 Å². The van der Waals surface area contributed by atoms with E-state index >= 15 is 0 Å². The largest absolute Gasteiger partial charge is 0.370 e. The molecule has 0 aliphatic heterocycles. The van der Waals surface area contributed by atoms with E-state index in [-0.39, 0.29) is 17.1 Å². The number of para-hydroxylation sites is 1. The third-order valence-electron chi connectivity index (χ3n) is 4.51. The Hall–Kier alpha value is -1.42. The van der Waals surface area contributed by atoms with Gasteiger partial charge in [-0.3, -0.25) is 4.79 Å². The van der Waals surface area contributed by atoms with Crippen LogP contribution in [-0.2, 0) is 0 Å². The van der Waals surface area contributed by atoms with Crippen molar-refractivity contribution in [2.75, 3.05) is 32.6 Å². The van der Waals surface area contributed by atoms with E-state index in [1.165, 1.54) is 19.4 Å². The van der Waals surface area contributed by atoms with Gasteiger partial charge in [0.2, 0.25) is 0 Å². The van der Waals surface area contributed by atoms with E-state index in [0.717, 1.165) is 19.4 Å². The molecule has 2 rings (SSSR count). The summed E-state index contributed by atoms with van der Waals surface area (Å²) in [5, 5.41) is 0. The molecule has 0 saturated heterocycles. The fourth-order valence-corrected chi connectivity index (χ4v) is 3.04. The summed E-state index contributed by atoms with van der Waals surface area (Å²) < 4.78 is 14.2. The second-order valence-corrected chi connectivity index (χ2v) is 6.02. The number of carbonyl (C=O) groups is 1. The number of carbonyl (C=O) groups excluding carboxylic acids is 1. The Morgan fingerprint density at radius 2 is 1.95 bits per heavy atom. The van der Waals surface area contributed by atoms with Gasteiger partial charge in [-0.05, 0) is 52.4 Å². The fraction of sp³-hybridized carbons (Fsp3) is 0.562. The van der Waals surface area contributed by atoms with Gasteiger partial charge in [0.05, 0.1) is 5.69 Å². The maximum absolute atomic E-state index is 14.2. The monoisotopic (exact) mass is 278 g/mol. The van der Waals surface area contributed by atoms with E-state index in [1.807, 2.05) is 11.9 Å². The quantitative estimate of drug-likeness (QED) is 0.774. The Morgan fingerprint density at radius 3 is 2.40 bits per heavy atom. The van der Waals surface area contributed by atoms with E-state index in [4.69, 9.17) is 0 Å². The van der Waals surface area contributed by atoms with Crippen molar-refractivity contribution in [1.29, 1.82) is 0 Å².